The Morgan fingerprint density at radius 1 is 1.47 bits per heavy atom. The largest absolute Gasteiger partial charge is 0.497 e. The van der Waals surface area contributed by atoms with Gasteiger partial charge in [0, 0.05) is 0 Å². The smallest absolute Gasteiger partial charge is 0.325 e. The normalized spacial score (nSPS) is 26.2. The molecule has 1 heterocycles. The molecule has 2 rings (SSSR count). The third-order valence-corrected chi connectivity index (χ3v) is 3.77. The number of hydrogen-bond donors (Lipinski definition) is 1. The van der Waals surface area contributed by atoms with Crippen LogP contribution in [0, 0.1) is 5.92 Å². The van der Waals surface area contributed by atoms with Gasteiger partial charge in [0.15, 0.2) is 0 Å². The number of ether oxygens (including phenoxy) is 2. The van der Waals surface area contributed by atoms with E-state index in [0.717, 1.165) is 25.1 Å². The fraction of sp³-hybridized carbons (Fsp3) is 0.533. The van der Waals surface area contributed by atoms with Crippen molar-refractivity contribution in [3.8, 4) is 5.75 Å². The van der Waals surface area contributed by atoms with Crippen molar-refractivity contribution in [2.75, 3.05) is 20.8 Å². The lowest BCUT2D eigenvalue weighted by Crippen LogP contribution is -2.45. The molecular formula is C15H21NO3. The Labute approximate surface area is 114 Å². The van der Waals surface area contributed by atoms with Gasteiger partial charge in [-0.15, -0.1) is 0 Å². The van der Waals surface area contributed by atoms with Crippen LogP contribution in [0.15, 0.2) is 24.3 Å². The van der Waals surface area contributed by atoms with Crippen molar-refractivity contribution in [1.82, 2.24) is 5.32 Å². The highest BCUT2D eigenvalue weighted by atomic mass is 16.5. The third-order valence-electron chi connectivity index (χ3n) is 3.77. The minimum Gasteiger partial charge on any atom is -0.497 e. The van der Waals surface area contributed by atoms with E-state index in [-0.39, 0.29) is 5.97 Å². The van der Waals surface area contributed by atoms with Gasteiger partial charge in [0.1, 0.15) is 11.3 Å². The molecule has 1 saturated heterocycles. The molecule has 0 amide bonds. The van der Waals surface area contributed by atoms with Crippen molar-refractivity contribution in [2.45, 2.75) is 25.3 Å². The maximum Gasteiger partial charge on any atom is 0.325 e. The summed E-state index contributed by atoms with van der Waals surface area (Å²) < 4.78 is 10.1. The van der Waals surface area contributed by atoms with Crippen LogP contribution in [0.1, 0.15) is 18.9 Å². The van der Waals surface area contributed by atoms with Crippen molar-refractivity contribution in [3.05, 3.63) is 29.8 Å². The summed E-state index contributed by atoms with van der Waals surface area (Å²) >= 11 is 0. The summed E-state index contributed by atoms with van der Waals surface area (Å²) in [5, 5.41) is 3.28. The predicted molar refractivity (Wildman–Crippen MR) is 73.2 cm³/mol. The molecule has 2 atom stereocenters. The van der Waals surface area contributed by atoms with E-state index in [9.17, 15) is 4.79 Å². The number of hydrogen-bond acceptors (Lipinski definition) is 4. The van der Waals surface area contributed by atoms with Gasteiger partial charge < -0.3 is 14.8 Å². The lowest BCUT2D eigenvalue weighted by Gasteiger charge is -2.20. The molecule has 1 aliphatic rings. The number of carbonyl (C=O) groups is 1. The fourth-order valence-corrected chi connectivity index (χ4v) is 2.75. The summed E-state index contributed by atoms with van der Waals surface area (Å²) in [6.07, 6.45) is 1.74. The highest BCUT2D eigenvalue weighted by Gasteiger charge is 2.41. The van der Waals surface area contributed by atoms with Gasteiger partial charge in [0.05, 0.1) is 14.2 Å². The first kappa shape index (κ1) is 13.9. The van der Waals surface area contributed by atoms with Gasteiger partial charge >= 0.3 is 5.97 Å². The Morgan fingerprint density at radius 3 is 2.95 bits per heavy atom. The lowest BCUT2D eigenvalue weighted by atomic mass is 9.90. The van der Waals surface area contributed by atoms with Gasteiger partial charge in [-0.1, -0.05) is 12.1 Å². The zero-order valence-electron chi connectivity index (χ0n) is 11.7. The van der Waals surface area contributed by atoms with Gasteiger partial charge in [-0.05, 0) is 49.9 Å². The molecule has 1 fully saturated rings. The van der Waals surface area contributed by atoms with Crippen molar-refractivity contribution < 1.29 is 14.3 Å². The quantitative estimate of drug-likeness (QED) is 0.841. The molecule has 104 valence electrons. The highest BCUT2D eigenvalue weighted by molar-refractivity contribution is 5.80. The molecule has 4 heteroatoms. The molecule has 0 aromatic heterocycles. The number of carbonyl (C=O) groups excluding carboxylic acids is 1. The minimum atomic E-state index is -0.543. The third kappa shape index (κ3) is 3.07. The van der Waals surface area contributed by atoms with Gasteiger partial charge in [-0.2, -0.15) is 0 Å². The van der Waals surface area contributed by atoms with Crippen molar-refractivity contribution in [1.29, 1.82) is 0 Å². The second kappa shape index (κ2) is 5.61. The number of methoxy groups -OCH3 is 2. The first-order valence-electron chi connectivity index (χ1n) is 6.54. The van der Waals surface area contributed by atoms with Crippen molar-refractivity contribution in [3.63, 3.8) is 0 Å². The van der Waals surface area contributed by atoms with E-state index in [2.05, 4.69) is 11.4 Å². The summed E-state index contributed by atoms with van der Waals surface area (Å²) in [5.41, 5.74) is 0.693. The van der Waals surface area contributed by atoms with E-state index in [4.69, 9.17) is 9.47 Å². The molecule has 0 bridgehead atoms. The van der Waals surface area contributed by atoms with E-state index < -0.39 is 5.54 Å². The Balaban J connectivity index is 2.00. The summed E-state index contributed by atoms with van der Waals surface area (Å²) in [7, 11) is 3.11. The number of esters is 1. The number of nitrogens with one attached hydrogen (secondary N) is 1. The maximum absolute atomic E-state index is 11.7. The Hall–Kier alpha value is -1.55. The van der Waals surface area contributed by atoms with Crippen LogP contribution < -0.4 is 10.1 Å². The maximum atomic E-state index is 11.7. The minimum absolute atomic E-state index is 0.180. The molecule has 0 saturated carbocycles. The van der Waals surface area contributed by atoms with Gasteiger partial charge in [0.2, 0.25) is 0 Å². The van der Waals surface area contributed by atoms with E-state index in [1.807, 2.05) is 25.1 Å². The van der Waals surface area contributed by atoms with Crippen LogP contribution in [-0.2, 0) is 16.0 Å². The highest BCUT2D eigenvalue weighted by Crippen LogP contribution is 2.28. The Bertz CT molecular complexity index is 460. The molecule has 0 radical (unpaired) electrons. The predicted octanol–water partition coefficient (Wildman–Crippen LogP) is 1.78. The zero-order chi connectivity index (χ0) is 13.9. The van der Waals surface area contributed by atoms with Gasteiger partial charge in [-0.3, -0.25) is 4.79 Å². The summed E-state index contributed by atoms with van der Waals surface area (Å²) in [6.45, 7) is 2.74. The molecular weight excluding hydrogens is 242 g/mol. The first-order chi connectivity index (χ1) is 9.07. The Morgan fingerprint density at radius 2 is 2.26 bits per heavy atom. The van der Waals surface area contributed by atoms with E-state index >= 15 is 0 Å². The molecule has 2 unspecified atom stereocenters. The van der Waals surface area contributed by atoms with Crippen LogP contribution in [0.3, 0.4) is 0 Å². The summed E-state index contributed by atoms with van der Waals surface area (Å²) in [5.74, 6) is 1.14. The second-order valence-electron chi connectivity index (χ2n) is 5.33. The van der Waals surface area contributed by atoms with Crippen LogP contribution >= 0.6 is 0 Å². The molecule has 4 nitrogen and oxygen atoms in total. The lowest BCUT2D eigenvalue weighted by molar-refractivity contribution is -0.147. The summed E-state index contributed by atoms with van der Waals surface area (Å²) in [6, 6.07) is 8.08. The molecule has 1 N–H and O–H groups in total. The van der Waals surface area contributed by atoms with Crippen LogP contribution in [-0.4, -0.2) is 32.3 Å². The first-order valence-corrected chi connectivity index (χ1v) is 6.54. The average Bonchev–Trinajstić information content (AvgIpc) is 2.80. The van der Waals surface area contributed by atoms with E-state index in [1.165, 1.54) is 12.7 Å². The molecule has 1 aromatic carbocycles. The van der Waals surface area contributed by atoms with Crippen molar-refractivity contribution >= 4 is 5.97 Å². The van der Waals surface area contributed by atoms with Crippen LogP contribution in [0.5, 0.6) is 5.75 Å². The standard InChI is InChI=1S/C15H21NO3/c1-15(14(17)19-3)9-12(10-16-15)7-11-5-4-6-13(8-11)18-2/h4-6,8,12,16H,7,9-10H2,1-3H3. The van der Waals surface area contributed by atoms with Gasteiger partial charge in [0.25, 0.3) is 0 Å². The topological polar surface area (TPSA) is 47.6 Å². The molecule has 1 aromatic rings. The van der Waals surface area contributed by atoms with E-state index in [1.54, 1.807) is 7.11 Å². The van der Waals surface area contributed by atoms with Gasteiger partial charge in [-0.25, -0.2) is 0 Å². The fourth-order valence-electron chi connectivity index (χ4n) is 2.75. The van der Waals surface area contributed by atoms with Crippen LogP contribution in [0.2, 0.25) is 0 Å². The second-order valence-corrected chi connectivity index (χ2v) is 5.33. The molecule has 1 aliphatic heterocycles. The monoisotopic (exact) mass is 263 g/mol. The SMILES string of the molecule is COC(=O)C1(C)CC(Cc2cccc(OC)c2)CN1. The van der Waals surface area contributed by atoms with Crippen molar-refractivity contribution in [2.24, 2.45) is 5.92 Å². The average molecular weight is 263 g/mol. The molecule has 19 heavy (non-hydrogen) atoms. The number of rotatable bonds is 4. The van der Waals surface area contributed by atoms with Crippen LogP contribution in [0.4, 0.5) is 0 Å². The molecule has 0 aliphatic carbocycles. The summed E-state index contributed by atoms with van der Waals surface area (Å²) in [4.78, 5) is 11.7. The number of benzene rings is 1. The van der Waals surface area contributed by atoms with E-state index in [0.29, 0.717) is 5.92 Å². The Kier molecular flexibility index (Phi) is 4.10. The van der Waals surface area contributed by atoms with Crippen LogP contribution in [0.25, 0.3) is 0 Å². The zero-order valence-corrected chi connectivity index (χ0v) is 11.7. The molecule has 0 spiro atoms.